The molecule has 0 spiro atoms. The Bertz CT molecular complexity index is 643. The average molecular weight is 319 g/mol. The highest BCUT2D eigenvalue weighted by Crippen LogP contribution is 2.15. The molecule has 1 amide bonds. The van der Waals surface area contributed by atoms with Crippen LogP contribution in [0.15, 0.2) is 12.3 Å². The number of amides is 1. The zero-order valence-corrected chi connectivity index (χ0v) is 12.2. The van der Waals surface area contributed by atoms with Crippen LogP contribution < -0.4 is 5.32 Å². The van der Waals surface area contributed by atoms with E-state index in [4.69, 9.17) is 0 Å². The maximum Gasteiger partial charge on any atom is 0.254 e. The highest BCUT2D eigenvalue weighted by atomic mass is 32.2. The minimum Gasteiger partial charge on any atom is -0.349 e. The van der Waals surface area contributed by atoms with Gasteiger partial charge in [-0.1, -0.05) is 0 Å². The lowest BCUT2D eigenvalue weighted by Crippen LogP contribution is -2.46. The van der Waals surface area contributed by atoms with Crippen molar-refractivity contribution in [2.75, 3.05) is 19.3 Å². The van der Waals surface area contributed by atoms with Gasteiger partial charge < -0.3 is 5.32 Å². The fourth-order valence-corrected chi connectivity index (χ4v) is 3.06. The predicted octanol–water partition coefficient (Wildman–Crippen LogP) is 0.514. The van der Waals surface area contributed by atoms with E-state index in [1.807, 2.05) is 0 Å². The lowest BCUT2D eigenvalue weighted by Gasteiger charge is -2.30. The summed E-state index contributed by atoms with van der Waals surface area (Å²) >= 11 is 0. The van der Waals surface area contributed by atoms with E-state index < -0.39 is 33.3 Å². The Kier molecular flexibility index (Phi) is 4.52. The lowest BCUT2D eigenvalue weighted by molar-refractivity contribution is 0.0918. The molecular weight excluding hydrogens is 304 g/mol. The van der Waals surface area contributed by atoms with Crippen molar-refractivity contribution in [3.63, 3.8) is 0 Å². The van der Waals surface area contributed by atoms with Gasteiger partial charge in [0.2, 0.25) is 16.0 Å². The standard InChI is InChI=1S/C12H15F2N3O3S/c1-21(19,20)17-6-3-8(4-7-17)16-12(18)9-2-5-15-11(14)10(9)13/h2,5,8H,3-4,6-7H2,1H3,(H,16,18). The molecule has 6 nitrogen and oxygen atoms in total. The largest absolute Gasteiger partial charge is 0.349 e. The maximum atomic E-state index is 13.4. The molecule has 1 aliphatic heterocycles. The van der Waals surface area contributed by atoms with Gasteiger partial charge in [-0.25, -0.2) is 22.1 Å². The van der Waals surface area contributed by atoms with E-state index >= 15 is 0 Å². The van der Waals surface area contributed by atoms with Crippen molar-refractivity contribution < 1.29 is 22.0 Å². The van der Waals surface area contributed by atoms with Gasteiger partial charge in [-0.2, -0.15) is 4.39 Å². The Balaban J connectivity index is 1.98. The maximum absolute atomic E-state index is 13.4. The van der Waals surface area contributed by atoms with Crippen molar-refractivity contribution in [2.24, 2.45) is 0 Å². The molecule has 2 heterocycles. The summed E-state index contributed by atoms with van der Waals surface area (Å²) in [6, 6.07) is 0.825. The molecule has 0 aromatic carbocycles. The third kappa shape index (κ3) is 3.73. The first-order valence-corrected chi connectivity index (χ1v) is 8.20. The number of carbonyl (C=O) groups excluding carboxylic acids is 1. The second-order valence-electron chi connectivity index (χ2n) is 4.87. The lowest BCUT2D eigenvalue weighted by atomic mass is 10.1. The minimum atomic E-state index is -3.24. The number of halogens is 2. The highest BCUT2D eigenvalue weighted by Gasteiger charge is 2.26. The number of pyridine rings is 1. The van der Waals surface area contributed by atoms with E-state index in [0.717, 1.165) is 18.5 Å². The van der Waals surface area contributed by atoms with Crippen LogP contribution in [0, 0.1) is 11.8 Å². The number of nitrogens with one attached hydrogen (secondary N) is 1. The van der Waals surface area contributed by atoms with Crippen molar-refractivity contribution in [1.82, 2.24) is 14.6 Å². The van der Waals surface area contributed by atoms with Crippen LogP contribution in [0.3, 0.4) is 0 Å². The minimum absolute atomic E-state index is 0.272. The summed E-state index contributed by atoms with van der Waals surface area (Å²) in [6.45, 7) is 0.577. The predicted molar refractivity (Wildman–Crippen MR) is 71.1 cm³/mol. The van der Waals surface area contributed by atoms with E-state index in [1.165, 1.54) is 4.31 Å². The van der Waals surface area contributed by atoms with Crippen LogP contribution in [0.1, 0.15) is 23.2 Å². The molecule has 1 aliphatic rings. The number of piperidine rings is 1. The summed E-state index contributed by atoms with van der Waals surface area (Å²) in [4.78, 5) is 15.0. The van der Waals surface area contributed by atoms with Crippen LogP contribution in [0.2, 0.25) is 0 Å². The first-order chi connectivity index (χ1) is 9.79. The Hall–Kier alpha value is -1.61. The van der Waals surface area contributed by atoms with E-state index in [-0.39, 0.29) is 19.1 Å². The third-order valence-electron chi connectivity index (χ3n) is 3.35. The smallest absolute Gasteiger partial charge is 0.254 e. The molecule has 116 valence electrons. The van der Waals surface area contributed by atoms with Gasteiger partial charge in [0.25, 0.3) is 5.91 Å². The molecular formula is C12H15F2N3O3S. The van der Waals surface area contributed by atoms with Crippen LogP contribution in [-0.4, -0.2) is 49.0 Å². The van der Waals surface area contributed by atoms with E-state index in [1.54, 1.807) is 0 Å². The number of aromatic nitrogens is 1. The summed E-state index contributed by atoms with van der Waals surface area (Å²) < 4.78 is 50.4. The van der Waals surface area contributed by atoms with Crippen LogP contribution in [0.4, 0.5) is 8.78 Å². The van der Waals surface area contributed by atoms with Crippen LogP contribution >= 0.6 is 0 Å². The number of hydrogen-bond acceptors (Lipinski definition) is 4. The Morgan fingerprint density at radius 2 is 2.00 bits per heavy atom. The summed E-state index contributed by atoms with van der Waals surface area (Å²) in [5.74, 6) is -3.34. The Labute approximate surface area is 121 Å². The first kappa shape index (κ1) is 15.8. The molecule has 0 bridgehead atoms. The van der Waals surface area contributed by atoms with E-state index in [0.29, 0.717) is 12.8 Å². The van der Waals surface area contributed by atoms with Gasteiger partial charge in [0, 0.05) is 25.3 Å². The van der Waals surface area contributed by atoms with Crippen molar-refractivity contribution in [3.05, 3.63) is 29.6 Å². The molecule has 0 aliphatic carbocycles. The summed E-state index contributed by atoms with van der Waals surface area (Å²) in [6.07, 6.45) is 2.99. The van der Waals surface area contributed by atoms with Gasteiger partial charge in [0.15, 0.2) is 5.82 Å². The number of hydrogen-bond donors (Lipinski definition) is 1. The fraction of sp³-hybridized carbons (Fsp3) is 0.500. The van der Waals surface area contributed by atoms with E-state index in [2.05, 4.69) is 10.3 Å². The molecule has 1 saturated heterocycles. The summed E-state index contributed by atoms with van der Waals surface area (Å²) in [7, 11) is -3.24. The fourth-order valence-electron chi connectivity index (χ4n) is 2.19. The van der Waals surface area contributed by atoms with Gasteiger partial charge >= 0.3 is 0 Å². The molecule has 1 fully saturated rings. The quantitative estimate of drug-likeness (QED) is 0.824. The molecule has 9 heteroatoms. The molecule has 1 aromatic heterocycles. The molecule has 0 atom stereocenters. The molecule has 21 heavy (non-hydrogen) atoms. The number of sulfonamides is 1. The van der Waals surface area contributed by atoms with Crippen LogP contribution in [0.25, 0.3) is 0 Å². The normalized spacial score (nSPS) is 17.7. The van der Waals surface area contributed by atoms with Crippen LogP contribution in [-0.2, 0) is 10.0 Å². The van der Waals surface area contributed by atoms with Gasteiger partial charge in [-0.05, 0) is 18.9 Å². The monoisotopic (exact) mass is 319 g/mol. The topological polar surface area (TPSA) is 79.4 Å². The second kappa shape index (κ2) is 6.02. The summed E-state index contributed by atoms with van der Waals surface area (Å²) in [5, 5.41) is 2.58. The number of carbonyl (C=O) groups is 1. The molecule has 0 radical (unpaired) electrons. The molecule has 2 rings (SSSR count). The Morgan fingerprint density at radius 1 is 1.38 bits per heavy atom. The molecule has 1 N–H and O–H groups in total. The van der Waals surface area contributed by atoms with Crippen molar-refractivity contribution in [3.8, 4) is 0 Å². The number of rotatable bonds is 3. The van der Waals surface area contributed by atoms with Crippen molar-refractivity contribution in [1.29, 1.82) is 0 Å². The van der Waals surface area contributed by atoms with Gasteiger partial charge in [0.05, 0.1) is 11.8 Å². The molecule has 0 unspecified atom stereocenters. The van der Waals surface area contributed by atoms with Gasteiger partial charge in [-0.3, -0.25) is 4.79 Å². The average Bonchev–Trinajstić information content (AvgIpc) is 2.41. The van der Waals surface area contributed by atoms with Crippen molar-refractivity contribution in [2.45, 2.75) is 18.9 Å². The third-order valence-corrected chi connectivity index (χ3v) is 4.65. The van der Waals surface area contributed by atoms with Gasteiger partial charge in [-0.15, -0.1) is 0 Å². The Morgan fingerprint density at radius 3 is 2.57 bits per heavy atom. The molecule has 0 saturated carbocycles. The van der Waals surface area contributed by atoms with Crippen molar-refractivity contribution >= 4 is 15.9 Å². The molecule has 1 aromatic rings. The van der Waals surface area contributed by atoms with Crippen LogP contribution in [0.5, 0.6) is 0 Å². The number of nitrogens with zero attached hydrogens (tertiary/aromatic N) is 2. The highest BCUT2D eigenvalue weighted by molar-refractivity contribution is 7.88. The second-order valence-corrected chi connectivity index (χ2v) is 6.86. The van der Waals surface area contributed by atoms with E-state index in [9.17, 15) is 22.0 Å². The van der Waals surface area contributed by atoms with Gasteiger partial charge in [0.1, 0.15) is 0 Å². The first-order valence-electron chi connectivity index (χ1n) is 6.35. The summed E-state index contributed by atoms with van der Waals surface area (Å²) in [5.41, 5.74) is -0.409. The SMILES string of the molecule is CS(=O)(=O)N1CCC(NC(=O)c2ccnc(F)c2F)CC1. The zero-order chi connectivity index (χ0) is 15.6. The zero-order valence-electron chi connectivity index (χ0n) is 11.3.